The maximum absolute atomic E-state index is 3.55. The average Bonchev–Trinajstić information content (AvgIpc) is 2.36. The Morgan fingerprint density at radius 3 is 2.06 bits per heavy atom. The van der Waals surface area contributed by atoms with Gasteiger partial charge in [-0.1, -0.05) is 20.8 Å². The quantitative estimate of drug-likeness (QED) is 0.603. The van der Waals surface area contributed by atoms with Gasteiger partial charge in [0, 0.05) is 18.5 Å². The summed E-state index contributed by atoms with van der Waals surface area (Å²) in [7, 11) is 4.61. The van der Waals surface area contributed by atoms with E-state index in [2.05, 4.69) is 58.9 Å². The highest BCUT2D eigenvalue weighted by atomic mass is 15.3. The summed E-state index contributed by atoms with van der Waals surface area (Å²) in [6, 6.07) is 0. The van der Waals surface area contributed by atoms with E-state index >= 15 is 0 Å². The molecule has 0 aromatic carbocycles. The van der Waals surface area contributed by atoms with Crippen molar-refractivity contribution in [3.63, 3.8) is 0 Å². The van der Waals surface area contributed by atoms with Crippen LogP contribution in [0, 0.1) is 5.41 Å². The average molecular weight is 258 g/mol. The van der Waals surface area contributed by atoms with Crippen LogP contribution >= 0.6 is 0 Å². The summed E-state index contributed by atoms with van der Waals surface area (Å²) in [6.07, 6.45) is 0. The molecule has 0 bridgehead atoms. The van der Waals surface area contributed by atoms with Crippen LogP contribution in [0.3, 0.4) is 0 Å². The number of rotatable bonds is 10. The Morgan fingerprint density at radius 1 is 1.11 bits per heavy atom. The molecule has 0 aromatic rings. The van der Waals surface area contributed by atoms with Crippen molar-refractivity contribution < 1.29 is 4.48 Å². The van der Waals surface area contributed by atoms with E-state index in [4.69, 9.17) is 0 Å². The van der Waals surface area contributed by atoms with Crippen molar-refractivity contribution >= 4 is 0 Å². The van der Waals surface area contributed by atoms with Crippen LogP contribution in [-0.2, 0) is 0 Å². The first-order chi connectivity index (χ1) is 8.34. The third-order valence-corrected chi connectivity index (χ3v) is 4.28. The van der Waals surface area contributed by atoms with Gasteiger partial charge in [0.25, 0.3) is 0 Å². The third-order valence-electron chi connectivity index (χ3n) is 4.28. The maximum Gasteiger partial charge on any atom is 0.0863 e. The molecule has 0 rings (SSSR count). The predicted octanol–water partition coefficient (Wildman–Crippen LogP) is 2.04. The van der Waals surface area contributed by atoms with E-state index in [0.29, 0.717) is 5.41 Å². The Balaban J connectivity index is 4.73. The highest BCUT2D eigenvalue weighted by Gasteiger charge is 2.34. The van der Waals surface area contributed by atoms with Crippen LogP contribution in [0.1, 0.15) is 34.6 Å². The van der Waals surface area contributed by atoms with Gasteiger partial charge in [0.05, 0.1) is 26.7 Å². The highest BCUT2D eigenvalue weighted by molar-refractivity contribution is 4.80. The molecule has 0 spiro atoms. The van der Waals surface area contributed by atoms with Gasteiger partial charge in [0.15, 0.2) is 0 Å². The molecule has 18 heavy (non-hydrogen) atoms. The van der Waals surface area contributed by atoms with Crippen LogP contribution in [0.5, 0.6) is 0 Å². The molecule has 0 amide bonds. The van der Waals surface area contributed by atoms with Crippen molar-refractivity contribution in [2.75, 3.05) is 59.9 Å². The van der Waals surface area contributed by atoms with Crippen molar-refractivity contribution in [2.45, 2.75) is 34.6 Å². The molecule has 0 saturated carbocycles. The fourth-order valence-electron chi connectivity index (χ4n) is 2.72. The van der Waals surface area contributed by atoms with Crippen LogP contribution in [0.25, 0.3) is 0 Å². The van der Waals surface area contributed by atoms with Gasteiger partial charge in [-0.2, -0.15) is 0 Å². The fraction of sp³-hybridized carbons (Fsp3) is 1.00. The van der Waals surface area contributed by atoms with Crippen LogP contribution in [0.4, 0.5) is 0 Å². The van der Waals surface area contributed by atoms with Crippen LogP contribution in [0.15, 0.2) is 0 Å². The number of hydrogen-bond acceptors (Lipinski definition) is 2. The molecule has 0 saturated heterocycles. The predicted molar refractivity (Wildman–Crippen MR) is 82.0 cm³/mol. The largest absolute Gasteiger partial charge is 0.326 e. The smallest absolute Gasteiger partial charge is 0.0863 e. The van der Waals surface area contributed by atoms with E-state index in [1.54, 1.807) is 0 Å². The highest BCUT2D eigenvalue weighted by Crippen LogP contribution is 2.22. The van der Waals surface area contributed by atoms with E-state index in [9.17, 15) is 0 Å². The van der Waals surface area contributed by atoms with Crippen molar-refractivity contribution in [1.29, 1.82) is 0 Å². The summed E-state index contributed by atoms with van der Waals surface area (Å²) < 4.78 is 1.17. The molecule has 1 N–H and O–H groups in total. The Hall–Kier alpha value is -0.120. The normalized spacial score (nSPS) is 16.0. The van der Waals surface area contributed by atoms with Gasteiger partial charge >= 0.3 is 0 Å². The molecule has 3 nitrogen and oxygen atoms in total. The van der Waals surface area contributed by atoms with Gasteiger partial charge in [0.1, 0.15) is 0 Å². The molecular weight excluding hydrogens is 222 g/mol. The Morgan fingerprint density at radius 2 is 1.67 bits per heavy atom. The lowest BCUT2D eigenvalue weighted by molar-refractivity contribution is -0.912. The van der Waals surface area contributed by atoms with E-state index in [0.717, 1.165) is 19.6 Å². The second-order valence-electron chi connectivity index (χ2n) is 6.33. The third kappa shape index (κ3) is 6.17. The number of nitrogens with one attached hydrogen (secondary N) is 1. The van der Waals surface area contributed by atoms with Gasteiger partial charge in [0.2, 0.25) is 0 Å². The van der Waals surface area contributed by atoms with Gasteiger partial charge in [-0.3, -0.25) is 0 Å². The molecule has 0 aliphatic heterocycles. The minimum atomic E-state index is 0.349. The van der Waals surface area contributed by atoms with Crippen molar-refractivity contribution in [1.82, 2.24) is 10.2 Å². The molecule has 0 heterocycles. The van der Waals surface area contributed by atoms with E-state index in [1.807, 2.05) is 0 Å². The Bertz CT molecular complexity index is 214. The summed E-state index contributed by atoms with van der Waals surface area (Å²) in [6.45, 7) is 19.6. The molecule has 0 fully saturated rings. The van der Waals surface area contributed by atoms with E-state index in [-0.39, 0.29) is 0 Å². The SMILES string of the molecule is CCNCC(C)(CN(C)CC)C[N+](C)(CC)CC. The Kier molecular flexibility index (Phi) is 8.08. The van der Waals surface area contributed by atoms with Gasteiger partial charge in [-0.05, 0) is 34.0 Å². The van der Waals surface area contributed by atoms with Crippen molar-refractivity contribution in [2.24, 2.45) is 5.41 Å². The molecule has 0 aliphatic rings. The molecule has 3 heteroatoms. The summed E-state index contributed by atoms with van der Waals surface area (Å²) in [5.41, 5.74) is 0.349. The zero-order chi connectivity index (χ0) is 14.2. The van der Waals surface area contributed by atoms with E-state index in [1.165, 1.54) is 30.7 Å². The lowest BCUT2D eigenvalue weighted by atomic mass is 9.88. The molecule has 0 aromatic heterocycles. The molecule has 0 radical (unpaired) electrons. The van der Waals surface area contributed by atoms with Crippen LogP contribution < -0.4 is 5.32 Å². The Labute approximate surface area is 115 Å². The topological polar surface area (TPSA) is 15.3 Å². The molecular formula is C15H36N3+. The first-order valence-corrected chi connectivity index (χ1v) is 7.57. The first-order valence-electron chi connectivity index (χ1n) is 7.57. The van der Waals surface area contributed by atoms with Gasteiger partial charge in [-0.15, -0.1) is 0 Å². The van der Waals surface area contributed by atoms with Gasteiger partial charge in [-0.25, -0.2) is 0 Å². The summed E-state index contributed by atoms with van der Waals surface area (Å²) in [5.74, 6) is 0. The number of quaternary nitrogens is 1. The lowest BCUT2D eigenvalue weighted by Gasteiger charge is -2.42. The second kappa shape index (κ2) is 8.13. The van der Waals surface area contributed by atoms with Gasteiger partial charge < -0.3 is 14.7 Å². The van der Waals surface area contributed by atoms with Crippen molar-refractivity contribution in [3.8, 4) is 0 Å². The standard InChI is InChI=1S/C15H36N3/c1-8-16-12-15(5,13-17(6)9-2)14-18(7,10-3)11-4/h16H,8-14H2,1-7H3/q+1. The summed E-state index contributed by atoms with van der Waals surface area (Å²) in [5, 5.41) is 3.55. The van der Waals surface area contributed by atoms with Crippen LogP contribution in [-0.4, -0.2) is 69.3 Å². The monoisotopic (exact) mass is 258 g/mol. The first kappa shape index (κ1) is 17.9. The summed E-state index contributed by atoms with van der Waals surface area (Å²) in [4.78, 5) is 2.44. The van der Waals surface area contributed by atoms with Crippen LogP contribution in [0.2, 0.25) is 0 Å². The molecule has 110 valence electrons. The molecule has 1 unspecified atom stereocenters. The molecule has 0 aliphatic carbocycles. The summed E-state index contributed by atoms with van der Waals surface area (Å²) >= 11 is 0. The van der Waals surface area contributed by atoms with Crippen molar-refractivity contribution in [3.05, 3.63) is 0 Å². The second-order valence-corrected chi connectivity index (χ2v) is 6.33. The van der Waals surface area contributed by atoms with E-state index < -0.39 is 0 Å². The number of nitrogens with zero attached hydrogens (tertiary/aromatic N) is 2. The lowest BCUT2D eigenvalue weighted by Crippen LogP contribution is -2.55. The fourth-order valence-corrected chi connectivity index (χ4v) is 2.72. The zero-order valence-corrected chi connectivity index (χ0v) is 13.8. The molecule has 1 atom stereocenters. The number of hydrogen-bond donors (Lipinski definition) is 1. The minimum Gasteiger partial charge on any atom is -0.326 e. The maximum atomic E-state index is 3.55. The zero-order valence-electron chi connectivity index (χ0n) is 13.8. The minimum absolute atomic E-state index is 0.349.